The van der Waals surface area contributed by atoms with Gasteiger partial charge in [-0.1, -0.05) is 92.7 Å². The minimum absolute atomic E-state index is 0.113. The number of hydrogen-bond acceptors (Lipinski definition) is 2. The molecule has 0 aliphatic carbocycles. The highest BCUT2D eigenvalue weighted by Gasteiger charge is 2.37. The monoisotopic (exact) mass is 479 g/mol. The van der Waals surface area contributed by atoms with Crippen LogP contribution in [0.15, 0.2) is 113 Å². The Bertz CT molecular complexity index is 1630. The minimum atomic E-state index is -0.113. The molecule has 1 aliphatic rings. The molecule has 0 radical (unpaired) electrons. The molecule has 0 unspecified atom stereocenters. The van der Waals surface area contributed by atoms with E-state index < -0.39 is 0 Å². The molecule has 0 N–H and O–H groups in total. The van der Waals surface area contributed by atoms with Crippen LogP contribution in [0.2, 0.25) is 0 Å². The van der Waals surface area contributed by atoms with Crippen molar-refractivity contribution in [3.05, 3.63) is 120 Å². The van der Waals surface area contributed by atoms with Gasteiger partial charge in [-0.15, -0.1) is 0 Å². The number of rotatable bonds is 4. The molecular formula is C34H29N3. The molecule has 3 nitrogen and oxygen atoms in total. The second-order valence-electron chi connectivity index (χ2n) is 10.1. The van der Waals surface area contributed by atoms with Crippen LogP contribution < -0.4 is 4.90 Å². The molecule has 0 fully saturated rings. The zero-order valence-corrected chi connectivity index (χ0v) is 21.4. The fraction of sp³-hybridized carbons (Fsp3) is 0.118. The molecular weight excluding hydrogens is 450 g/mol. The first-order chi connectivity index (χ1) is 18.0. The molecule has 3 heteroatoms. The number of anilines is 3. The average molecular weight is 480 g/mol. The van der Waals surface area contributed by atoms with Gasteiger partial charge < -0.3 is 4.90 Å². The summed E-state index contributed by atoms with van der Waals surface area (Å²) in [5, 5.41) is 2.36. The quantitative estimate of drug-likeness (QED) is 0.186. The van der Waals surface area contributed by atoms with Crippen molar-refractivity contribution < 1.29 is 0 Å². The predicted octanol–water partition coefficient (Wildman–Crippen LogP) is 9.28. The molecule has 0 atom stereocenters. The fourth-order valence-electron chi connectivity index (χ4n) is 5.69. The molecule has 180 valence electrons. The van der Waals surface area contributed by atoms with Crippen LogP contribution >= 0.6 is 0 Å². The summed E-state index contributed by atoms with van der Waals surface area (Å²) < 4.78 is 0. The third-order valence-electron chi connectivity index (χ3n) is 7.62. The highest BCUT2D eigenvalue weighted by Crippen LogP contribution is 2.53. The summed E-state index contributed by atoms with van der Waals surface area (Å²) >= 11 is 0. The second kappa shape index (κ2) is 8.86. The van der Waals surface area contributed by atoms with E-state index in [4.69, 9.17) is 4.99 Å². The molecule has 0 saturated carbocycles. The van der Waals surface area contributed by atoms with E-state index in [1.807, 2.05) is 0 Å². The third-order valence-corrected chi connectivity index (χ3v) is 7.62. The van der Waals surface area contributed by atoms with E-state index in [9.17, 15) is 0 Å². The minimum Gasteiger partial charge on any atom is -0.309 e. The van der Waals surface area contributed by atoms with Crippen molar-refractivity contribution in [1.82, 2.24) is 0 Å². The maximum absolute atomic E-state index is 4.69. The number of nitrogens with zero attached hydrogens (tertiary/aromatic N) is 3. The molecule has 0 aromatic heterocycles. The van der Waals surface area contributed by atoms with Crippen molar-refractivity contribution in [2.75, 3.05) is 4.90 Å². The molecule has 1 heterocycles. The van der Waals surface area contributed by atoms with E-state index in [0.717, 1.165) is 16.9 Å². The van der Waals surface area contributed by atoms with Crippen LogP contribution in [-0.4, -0.2) is 13.1 Å². The van der Waals surface area contributed by atoms with Crippen LogP contribution in [0.25, 0.3) is 21.9 Å². The molecule has 5 aromatic rings. The summed E-state index contributed by atoms with van der Waals surface area (Å²) in [6, 6.07) is 37.0. The van der Waals surface area contributed by atoms with Crippen molar-refractivity contribution >= 4 is 46.6 Å². The summed E-state index contributed by atoms with van der Waals surface area (Å²) in [5.41, 5.74) is 10.4. The first-order valence-corrected chi connectivity index (χ1v) is 12.6. The number of hydrogen-bond donors (Lipinski definition) is 0. The maximum atomic E-state index is 4.69. The lowest BCUT2D eigenvalue weighted by atomic mass is 9.73. The standard InChI is InChI=1S/C34H29N3/c1-23-27-20-25(24-12-6-5-7-13-24)18-19-26(27)33(21-30(23)36-22-35-4)37-31-16-10-8-14-28(31)34(2,3)29-15-9-11-17-32(29)37/h5-22H,4H2,1-3H3/b36-22-. The largest absolute Gasteiger partial charge is 0.309 e. The molecule has 0 spiro atoms. The number of aryl methyl sites for hydroxylation is 1. The summed E-state index contributed by atoms with van der Waals surface area (Å²) in [6.07, 6.45) is 1.53. The van der Waals surface area contributed by atoms with Gasteiger partial charge in [-0.3, -0.25) is 4.99 Å². The topological polar surface area (TPSA) is 28.0 Å². The highest BCUT2D eigenvalue weighted by atomic mass is 15.2. The molecule has 37 heavy (non-hydrogen) atoms. The Morgan fingerprint density at radius 2 is 1.30 bits per heavy atom. The Morgan fingerprint density at radius 1 is 0.676 bits per heavy atom. The van der Waals surface area contributed by atoms with Crippen LogP contribution in [0.3, 0.4) is 0 Å². The van der Waals surface area contributed by atoms with E-state index in [1.165, 1.54) is 50.7 Å². The Hall–Kier alpha value is -4.50. The van der Waals surface area contributed by atoms with E-state index in [-0.39, 0.29) is 5.41 Å². The molecule has 6 rings (SSSR count). The van der Waals surface area contributed by atoms with Gasteiger partial charge in [0.15, 0.2) is 0 Å². The van der Waals surface area contributed by atoms with Crippen molar-refractivity contribution in [2.24, 2.45) is 9.98 Å². The molecule has 1 aliphatic heterocycles. The molecule has 5 aromatic carbocycles. The Kier molecular flexibility index (Phi) is 5.49. The van der Waals surface area contributed by atoms with Gasteiger partial charge >= 0.3 is 0 Å². The predicted molar refractivity (Wildman–Crippen MR) is 159 cm³/mol. The van der Waals surface area contributed by atoms with E-state index >= 15 is 0 Å². The van der Waals surface area contributed by atoms with Crippen molar-refractivity contribution in [1.29, 1.82) is 0 Å². The average Bonchev–Trinajstić information content (AvgIpc) is 2.94. The Morgan fingerprint density at radius 3 is 1.95 bits per heavy atom. The smallest absolute Gasteiger partial charge is 0.115 e. The molecule has 0 amide bonds. The zero-order valence-electron chi connectivity index (χ0n) is 21.4. The highest BCUT2D eigenvalue weighted by molar-refractivity contribution is 6.06. The number of aliphatic imine (C=N–C) groups is 2. The summed E-state index contributed by atoms with van der Waals surface area (Å²) in [7, 11) is 0. The Balaban J connectivity index is 1.69. The lowest BCUT2D eigenvalue weighted by Gasteiger charge is -2.42. The van der Waals surface area contributed by atoms with E-state index in [2.05, 4.69) is 141 Å². The van der Waals surface area contributed by atoms with Gasteiger partial charge in [0.2, 0.25) is 0 Å². The number of fused-ring (bicyclic) bond motifs is 3. The lowest BCUT2D eigenvalue weighted by Crippen LogP contribution is -2.30. The SMILES string of the molecule is C=N/C=N\c1cc(N2c3ccccc3C(C)(C)c3ccccc32)c2ccc(-c3ccccc3)cc2c1C. The summed E-state index contributed by atoms with van der Waals surface area (Å²) in [6.45, 7) is 10.4. The summed E-state index contributed by atoms with van der Waals surface area (Å²) in [4.78, 5) is 11.0. The van der Waals surface area contributed by atoms with Gasteiger partial charge in [-0.2, -0.15) is 0 Å². The van der Waals surface area contributed by atoms with E-state index in [1.54, 1.807) is 0 Å². The number of para-hydroxylation sites is 2. The first kappa shape index (κ1) is 22.9. The van der Waals surface area contributed by atoms with Crippen LogP contribution in [0.4, 0.5) is 22.7 Å². The van der Waals surface area contributed by atoms with Crippen LogP contribution in [0.5, 0.6) is 0 Å². The van der Waals surface area contributed by atoms with Gasteiger partial charge in [0.1, 0.15) is 6.34 Å². The van der Waals surface area contributed by atoms with Gasteiger partial charge in [0.25, 0.3) is 0 Å². The zero-order chi connectivity index (χ0) is 25.6. The fourth-order valence-corrected chi connectivity index (χ4v) is 5.69. The van der Waals surface area contributed by atoms with Crippen LogP contribution in [0.1, 0.15) is 30.5 Å². The van der Waals surface area contributed by atoms with Crippen molar-refractivity contribution in [3.63, 3.8) is 0 Å². The van der Waals surface area contributed by atoms with Crippen molar-refractivity contribution in [2.45, 2.75) is 26.2 Å². The second-order valence-corrected chi connectivity index (χ2v) is 10.1. The summed E-state index contributed by atoms with van der Waals surface area (Å²) in [5.74, 6) is 0. The van der Waals surface area contributed by atoms with Gasteiger partial charge in [0, 0.05) is 10.8 Å². The number of benzene rings is 5. The van der Waals surface area contributed by atoms with Crippen LogP contribution in [-0.2, 0) is 5.41 Å². The lowest BCUT2D eigenvalue weighted by molar-refractivity contribution is 0.632. The van der Waals surface area contributed by atoms with Gasteiger partial charge in [-0.05, 0) is 71.1 Å². The van der Waals surface area contributed by atoms with Gasteiger partial charge in [-0.25, -0.2) is 4.99 Å². The van der Waals surface area contributed by atoms with Crippen molar-refractivity contribution in [3.8, 4) is 11.1 Å². The normalized spacial score (nSPS) is 14.0. The van der Waals surface area contributed by atoms with E-state index in [0.29, 0.717) is 0 Å². The third kappa shape index (κ3) is 3.66. The van der Waals surface area contributed by atoms with Crippen LogP contribution in [0, 0.1) is 6.92 Å². The maximum Gasteiger partial charge on any atom is 0.115 e. The Labute approximate surface area is 218 Å². The molecule has 0 saturated heterocycles. The first-order valence-electron chi connectivity index (χ1n) is 12.6. The molecule has 0 bridgehead atoms. The van der Waals surface area contributed by atoms with Gasteiger partial charge in [0.05, 0.1) is 22.7 Å².